The first-order valence-electron chi connectivity index (χ1n) is 4.81. The van der Waals surface area contributed by atoms with Gasteiger partial charge >= 0.3 is 0 Å². The predicted octanol–water partition coefficient (Wildman–Crippen LogP) is 1.81. The van der Waals surface area contributed by atoms with Crippen LogP contribution < -0.4 is 0 Å². The zero-order valence-electron chi connectivity index (χ0n) is 8.49. The third kappa shape index (κ3) is 2.16. The highest BCUT2D eigenvalue weighted by Crippen LogP contribution is 2.39. The third-order valence-electron chi connectivity index (χ3n) is 3.13. The van der Waals surface area contributed by atoms with Gasteiger partial charge in [0.25, 0.3) is 0 Å². The molecule has 0 amide bonds. The van der Waals surface area contributed by atoms with E-state index in [9.17, 15) is 9.59 Å². The Morgan fingerprint density at radius 2 is 1.71 bits per heavy atom. The van der Waals surface area contributed by atoms with Crippen molar-refractivity contribution in [3.05, 3.63) is 0 Å². The number of hydrogen-bond acceptors (Lipinski definition) is 4. The highest BCUT2D eigenvalue weighted by Gasteiger charge is 2.37. The normalized spacial score (nSPS) is 36.7. The predicted molar refractivity (Wildman–Crippen MR) is 51.2 cm³/mol. The minimum Gasteiger partial charge on any atom is -0.211 e. The summed E-state index contributed by atoms with van der Waals surface area (Å²) in [7, 11) is 0. The highest BCUT2D eigenvalue weighted by atomic mass is 16.1. The second-order valence-corrected chi connectivity index (χ2v) is 4.09. The second kappa shape index (κ2) is 4.32. The maximum atomic E-state index is 10.3. The van der Waals surface area contributed by atoms with Gasteiger partial charge in [0.15, 0.2) is 5.66 Å². The molecule has 1 saturated carbocycles. The van der Waals surface area contributed by atoms with Crippen molar-refractivity contribution in [3.63, 3.8) is 0 Å². The molecule has 76 valence electrons. The molecule has 2 unspecified atom stereocenters. The molecule has 14 heavy (non-hydrogen) atoms. The lowest BCUT2D eigenvalue weighted by Gasteiger charge is -2.35. The summed E-state index contributed by atoms with van der Waals surface area (Å²) in [6.07, 6.45) is 5.21. The van der Waals surface area contributed by atoms with E-state index in [-0.39, 0.29) is 0 Å². The van der Waals surface area contributed by atoms with Crippen LogP contribution in [0.2, 0.25) is 0 Å². The van der Waals surface area contributed by atoms with Crippen molar-refractivity contribution < 1.29 is 9.59 Å². The topological polar surface area (TPSA) is 58.9 Å². The lowest BCUT2D eigenvalue weighted by molar-refractivity contribution is 0.184. The Hall–Kier alpha value is -1.24. The number of carbonyl (C=O) groups excluding carboxylic acids is 2. The van der Waals surface area contributed by atoms with Crippen LogP contribution in [-0.2, 0) is 9.59 Å². The van der Waals surface area contributed by atoms with Gasteiger partial charge < -0.3 is 0 Å². The summed E-state index contributed by atoms with van der Waals surface area (Å²) in [5.41, 5.74) is -0.866. The lowest BCUT2D eigenvalue weighted by Crippen LogP contribution is -2.34. The van der Waals surface area contributed by atoms with Gasteiger partial charge in [0, 0.05) is 0 Å². The zero-order chi connectivity index (χ0) is 10.6. The summed E-state index contributed by atoms with van der Waals surface area (Å²) >= 11 is 0. The zero-order valence-corrected chi connectivity index (χ0v) is 8.49. The number of nitrogens with zero attached hydrogens (tertiary/aromatic N) is 2. The first kappa shape index (κ1) is 10.8. The maximum absolute atomic E-state index is 10.3. The lowest BCUT2D eigenvalue weighted by atomic mass is 9.76. The average Bonchev–Trinajstić information content (AvgIpc) is 2.13. The largest absolute Gasteiger partial charge is 0.237 e. The number of aliphatic imine (C=N–C) groups is 2. The van der Waals surface area contributed by atoms with Crippen molar-refractivity contribution in [3.8, 4) is 0 Å². The van der Waals surface area contributed by atoms with E-state index >= 15 is 0 Å². The van der Waals surface area contributed by atoms with Gasteiger partial charge in [-0.25, -0.2) is 9.59 Å². The van der Waals surface area contributed by atoms with Crippen molar-refractivity contribution in [1.82, 2.24) is 0 Å². The smallest absolute Gasteiger partial charge is 0.211 e. The standard InChI is InChI=1S/C10H14N2O2/c1-8-3-4-10(11-6-13,12-7-14)5-9(8)2/h8-9H,3-5H2,1-2H3. The van der Waals surface area contributed by atoms with Crippen LogP contribution in [0.4, 0.5) is 0 Å². The van der Waals surface area contributed by atoms with Gasteiger partial charge in [-0.05, 0) is 31.1 Å². The molecule has 0 aromatic rings. The minimum absolute atomic E-state index is 0.415. The SMILES string of the molecule is CC1CCC(N=C=O)(N=C=O)CC1C. The molecule has 0 N–H and O–H groups in total. The van der Waals surface area contributed by atoms with Crippen LogP contribution >= 0.6 is 0 Å². The van der Waals surface area contributed by atoms with Gasteiger partial charge in [0.05, 0.1) is 0 Å². The summed E-state index contributed by atoms with van der Waals surface area (Å²) in [4.78, 5) is 27.8. The molecule has 1 aliphatic carbocycles. The van der Waals surface area contributed by atoms with Crippen molar-refractivity contribution in [2.75, 3.05) is 0 Å². The molecule has 0 aliphatic heterocycles. The molecule has 0 bridgehead atoms. The fourth-order valence-corrected chi connectivity index (χ4v) is 1.96. The van der Waals surface area contributed by atoms with E-state index in [1.54, 1.807) is 0 Å². The molecule has 0 radical (unpaired) electrons. The van der Waals surface area contributed by atoms with Gasteiger partial charge in [0.2, 0.25) is 12.2 Å². The Kier molecular flexibility index (Phi) is 3.34. The average molecular weight is 194 g/mol. The molecule has 4 heteroatoms. The van der Waals surface area contributed by atoms with Crippen molar-refractivity contribution in [2.45, 2.75) is 38.8 Å². The summed E-state index contributed by atoms with van der Waals surface area (Å²) < 4.78 is 0. The fourth-order valence-electron chi connectivity index (χ4n) is 1.96. The van der Waals surface area contributed by atoms with E-state index in [1.165, 1.54) is 12.2 Å². The van der Waals surface area contributed by atoms with Crippen molar-refractivity contribution in [1.29, 1.82) is 0 Å². The monoisotopic (exact) mass is 194 g/mol. The van der Waals surface area contributed by atoms with E-state index in [2.05, 4.69) is 23.8 Å². The van der Waals surface area contributed by atoms with E-state index in [4.69, 9.17) is 0 Å². The van der Waals surface area contributed by atoms with Gasteiger partial charge in [-0.3, -0.25) is 0 Å². The first-order chi connectivity index (χ1) is 6.63. The summed E-state index contributed by atoms with van der Waals surface area (Å²) in [6.45, 7) is 4.24. The molecule has 1 rings (SSSR count). The Morgan fingerprint density at radius 1 is 1.14 bits per heavy atom. The molecular formula is C10H14N2O2. The summed E-state index contributed by atoms with van der Waals surface area (Å²) in [5.74, 6) is 1.00. The van der Waals surface area contributed by atoms with E-state index in [1.807, 2.05) is 0 Å². The molecule has 0 heterocycles. The Bertz CT molecular complexity index is 283. The number of isocyanates is 2. The highest BCUT2D eigenvalue weighted by molar-refractivity contribution is 5.39. The van der Waals surface area contributed by atoms with Crippen LogP contribution in [0, 0.1) is 11.8 Å². The van der Waals surface area contributed by atoms with Crippen LogP contribution in [0.1, 0.15) is 33.1 Å². The summed E-state index contributed by atoms with van der Waals surface area (Å²) in [6, 6.07) is 0. The maximum Gasteiger partial charge on any atom is 0.237 e. The number of rotatable bonds is 2. The van der Waals surface area contributed by atoms with Crippen LogP contribution in [0.3, 0.4) is 0 Å². The van der Waals surface area contributed by atoms with Crippen LogP contribution in [0.5, 0.6) is 0 Å². The van der Waals surface area contributed by atoms with Crippen LogP contribution in [-0.4, -0.2) is 17.8 Å². The van der Waals surface area contributed by atoms with Gasteiger partial charge in [0.1, 0.15) is 0 Å². The quantitative estimate of drug-likeness (QED) is 0.497. The Balaban J connectivity index is 2.90. The van der Waals surface area contributed by atoms with E-state index in [0.717, 1.165) is 6.42 Å². The third-order valence-corrected chi connectivity index (χ3v) is 3.13. The Morgan fingerprint density at radius 3 is 2.14 bits per heavy atom. The van der Waals surface area contributed by atoms with Crippen molar-refractivity contribution in [2.24, 2.45) is 21.8 Å². The van der Waals surface area contributed by atoms with Gasteiger partial charge in [-0.2, -0.15) is 9.98 Å². The van der Waals surface area contributed by atoms with Crippen LogP contribution in [0.15, 0.2) is 9.98 Å². The van der Waals surface area contributed by atoms with E-state index in [0.29, 0.717) is 24.7 Å². The van der Waals surface area contributed by atoms with E-state index < -0.39 is 5.66 Å². The molecule has 0 aromatic heterocycles. The molecule has 2 atom stereocenters. The van der Waals surface area contributed by atoms with Gasteiger partial charge in [-0.1, -0.05) is 13.8 Å². The number of hydrogen-bond donors (Lipinski definition) is 0. The molecule has 1 aliphatic rings. The first-order valence-corrected chi connectivity index (χ1v) is 4.81. The molecule has 1 fully saturated rings. The van der Waals surface area contributed by atoms with Crippen LogP contribution in [0.25, 0.3) is 0 Å². The molecule has 0 aromatic carbocycles. The Labute approximate surface area is 83.1 Å². The molecule has 4 nitrogen and oxygen atoms in total. The fraction of sp³-hybridized carbons (Fsp3) is 0.800. The molecule has 0 saturated heterocycles. The summed E-state index contributed by atoms with van der Waals surface area (Å²) in [5, 5.41) is 0. The van der Waals surface area contributed by atoms with Gasteiger partial charge in [-0.15, -0.1) is 0 Å². The molecular weight excluding hydrogens is 180 g/mol. The van der Waals surface area contributed by atoms with Crippen molar-refractivity contribution >= 4 is 12.2 Å². The minimum atomic E-state index is -0.866. The molecule has 0 spiro atoms. The second-order valence-electron chi connectivity index (χ2n) is 4.09.